The zero-order valence-corrected chi connectivity index (χ0v) is 16.6. The fraction of sp³-hybridized carbons (Fsp3) is 0.105. The van der Waals surface area contributed by atoms with Crippen molar-refractivity contribution in [2.45, 2.75) is 21.9 Å². The van der Waals surface area contributed by atoms with Crippen LogP contribution in [0.2, 0.25) is 5.02 Å². The number of hydrogen-bond donors (Lipinski definition) is 1. The molecular formula is C19H14ClN3O2S2. The van der Waals surface area contributed by atoms with Crippen LogP contribution in [-0.2, 0) is 4.79 Å². The Morgan fingerprint density at radius 1 is 1.19 bits per heavy atom. The Morgan fingerprint density at radius 3 is 2.78 bits per heavy atom. The first-order valence-corrected chi connectivity index (χ1v) is 10.3. The molecule has 1 aliphatic rings. The Balaban J connectivity index is 1.67. The quantitative estimate of drug-likeness (QED) is 0.498. The van der Waals surface area contributed by atoms with Crippen LogP contribution in [-0.4, -0.2) is 21.6 Å². The summed E-state index contributed by atoms with van der Waals surface area (Å²) in [4.78, 5) is 35.3. The standard InChI is InChI=1S/C19H14ClN3O2S2/c1-11-8-17(24)22-19(21-11)26-10-18(25)23-13-4-2-3-5-15(13)27-16-7-6-12(20)9-14(16)23/h2-9H,10H2,1H3,(H,21,22,24). The third-order valence-electron chi connectivity index (χ3n) is 3.92. The van der Waals surface area contributed by atoms with E-state index in [-0.39, 0.29) is 17.2 Å². The molecule has 0 aliphatic carbocycles. The van der Waals surface area contributed by atoms with Crippen molar-refractivity contribution in [1.82, 2.24) is 9.97 Å². The molecule has 136 valence electrons. The number of carbonyl (C=O) groups is 1. The second-order valence-corrected chi connectivity index (χ2v) is 8.38. The van der Waals surface area contributed by atoms with Crippen LogP contribution in [0.1, 0.15) is 5.69 Å². The summed E-state index contributed by atoms with van der Waals surface area (Å²) in [5.41, 5.74) is 1.98. The van der Waals surface area contributed by atoms with Crippen molar-refractivity contribution in [3.05, 3.63) is 69.6 Å². The number of para-hydroxylation sites is 1. The van der Waals surface area contributed by atoms with Crippen LogP contribution in [0.4, 0.5) is 11.4 Å². The van der Waals surface area contributed by atoms with E-state index in [1.54, 1.807) is 29.7 Å². The molecule has 1 N–H and O–H groups in total. The van der Waals surface area contributed by atoms with Crippen molar-refractivity contribution in [3.8, 4) is 0 Å². The summed E-state index contributed by atoms with van der Waals surface area (Å²) >= 11 is 9.00. The van der Waals surface area contributed by atoms with E-state index in [4.69, 9.17) is 11.6 Å². The number of nitrogens with one attached hydrogen (secondary N) is 1. The van der Waals surface area contributed by atoms with Gasteiger partial charge in [0.15, 0.2) is 5.16 Å². The molecular weight excluding hydrogens is 402 g/mol. The Kier molecular flexibility index (Phi) is 4.99. The van der Waals surface area contributed by atoms with Gasteiger partial charge in [0, 0.05) is 26.6 Å². The van der Waals surface area contributed by atoms with Gasteiger partial charge in [0.1, 0.15) is 0 Å². The number of aromatic nitrogens is 2. The lowest BCUT2D eigenvalue weighted by atomic mass is 10.2. The molecule has 3 aromatic rings. The average molecular weight is 416 g/mol. The molecule has 27 heavy (non-hydrogen) atoms. The van der Waals surface area contributed by atoms with Crippen LogP contribution < -0.4 is 10.5 Å². The molecule has 0 fully saturated rings. The molecule has 0 radical (unpaired) electrons. The largest absolute Gasteiger partial charge is 0.301 e. The fourth-order valence-corrected chi connectivity index (χ4v) is 4.79. The van der Waals surface area contributed by atoms with Gasteiger partial charge in [-0.1, -0.05) is 47.3 Å². The van der Waals surface area contributed by atoms with Gasteiger partial charge in [-0.05, 0) is 37.3 Å². The molecule has 0 saturated heterocycles. The van der Waals surface area contributed by atoms with Crippen LogP contribution in [0.25, 0.3) is 0 Å². The molecule has 8 heteroatoms. The van der Waals surface area contributed by atoms with Crippen LogP contribution in [0.15, 0.2) is 68.3 Å². The lowest BCUT2D eigenvalue weighted by molar-refractivity contribution is -0.115. The van der Waals surface area contributed by atoms with Gasteiger partial charge in [-0.25, -0.2) is 4.98 Å². The summed E-state index contributed by atoms with van der Waals surface area (Å²) in [6.45, 7) is 1.75. The van der Waals surface area contributed by atoms with Crippen LogP contribution in [0.5, 0.6) is 0 Å². The van der Waals surface area contributed by atoms with Gasteiger partial charge < -0.3 is 4.98 Å². The van der Waals surface area contributed by atoms with E-state index in [0.29, 0.717) is 15.9 Å². The minimum absolute atomic E-state index is 0.111. The molecule has 0 saturated carbocycles. The monoisotopic (exact) mass is 415 g/mol. The molecule has 1 aromatic heterocycles. The summed E-state index contributed by atoms with van der Waals surface area (Å²) in [6.07, 6.45) is 0. The highest BCUT2D eigenvalue weighted by atomic mass is 35.5. The number of halogens is 1. The van der Waals surface area contributed by atoms with Crippen molar-refractivity contribution in [3.63, 3.8) is 0 Å². The number of aromatic amines is 1. The maximum Gasteiger partial charge on any atom is 0.251 e. The molecule has 1 aliphatic heterocycles. The topological polar surface area (TPSA) is 66.1 Å². The summed E-state index contributed by atoms with van der Waals surface area (Å²) < 4.78 is 0. The van der Waals surface area contributed by atoms with Crippen LogP contribution in [0.3, 0.4) is 0 Å². The number of fused-ring (bicyclic) bond motifs is 2. The summed E-state index contributed by atoms with van der Waals surface area (Å²) in [6, 6.07) is 14.7. The Morgan fingerprint density at radius 2 is 1.96 bits per heavy atom. The average Bonchev–Trinajstić information content (AvgIpc) is 2.63. The second kappa shape index (κ2) is 7.42. The zero-order valence-electron chi connectivity index (χ0n) is 14.2. The molecule has 5 nitrogen and oxygen atoms in total. The van der Waals surface area contributed by atoms with Crippen molar-refractivity contribution < 1.29 is 4.79 Å². The number of hydrogen-bond acceptors (Lipinski definition) is 5. The van der Waals surface area contributed by atoms with E-state index in [2.05, 4.69) is 9.97 Å². The first-order chi connectivity index (χ1) is 13.0. The maximum atomic E-state index is 13.1. The van der Waals surface area contributed by atoms with Crippen molar-refractivity contribution >= 4 is 52.4 Å². The van der Waals surface area contributed by atoms with Crippen LogP contribution >= 0.6 is 35.1 Å². The van der Waals surface area contributed by atoms with Crippen LogP contribution in [0, 0.1) is 6.92 Å². The SMILES string of the molecule is Cc1cc(=O)[nH]c(SCC(=O)N2c3ccccc3Sc3ccc(Cl)cc32)n1. The minimum atomic E-state index is -0.228. The molecule has 4 rings (SSSR count). The Hall–Kier alpha value is -2.22. The molecule has 0 spiro atoms. The number of H-pyrrole nitrogens is 1. The van der Waals surface area contributed by atoms with E-state index in [1.165, 1.54) is 17.8 Å². The van der Waals surface area contributed by atoms with Gasteiger partial charge in [-0.15, -0.1) is 0 Å². The Labute approximate surface area is 169 Å². The number of aryl methyl sites for hydroxylation is 1. The first-order valence-electron chi connectivity index (χ1n) is 8.11. The van der Waals surface area contributed by atoms with E-state index in [9.17, 15) is 9.59 Å². The van der Waals surface area contributed by atoms with Gasteiger partial charge in [0.25, 0.3) is 5.56 Å². The van der Waals surface area contributed by atoms with Crippen molar-refractivity contribution in [1.29, 1.82) is 0 Å². The van der Waals surface area contributed by atoms with E-state index in [0.717, 1.165) is 21.2 Å². The second-order valence-electron chi connectivity index (χ2n) is 5.89. The first kappa shape index (κ1) is 18.2. The smallest absolute Gasteiger partial charge is 0.251 e. The third kappa shape index (κ3) is 3.76. The number of anilines is 2. The van der Waals surface area contributed by atoms with Gasteiger partial charge >= 0.3 is 0 Å². The van der Waals surface area contributed by atoms with Gasteiger partial charge in [-0.2, -0.15) is 0 Å². The maximum absolute atomic E-state index is 13.1. The number of carbonyl (C=O) groups excluding carboxylic acids is 1. The summed E-state index contributed by atoms with van der Waals surface area (Å²) in [7, 11) is 0. The van der Waals surface area contributed by atoms with Gasteiger partial charge in [-0.3, -0.25) is 14.5 Å². The lowest BCUT2D eigenvalue weighted by Gasteiger charge is -2.31. The molecule has 2 aromatic carbocycles. The number of benzene rings is 2. The molecule has 1 amide bonds. The Bertz CT molecular complexity index is 1100. The number of rotatable bonds is 3. The highest BCUT2D eigenvalue weighted by molar-refractivity contribution is 8.00. The number of nitrogens with zero attached hydrogens (tertiary/aromatic N) is 2. The van der Waals surface area contributed by atoms with Crippen molar-refractivity contribution in [2.75, 3.05) is 10.7 Å². The summed E-state index contributed by atoms with van der Waals surface area (Å²) in [5.74, 6) is 0.0255. The highest BCUT2D eigenvalue weighted by Crippen LogP contribution is 2.48. The van der Waals surface area contributed by atoms with Gasteiger partial charge in [0.2, 0.25) is 5.91 Å². The number of thioether (sulfide) groups is 1. The highest BCUT2D eigenvalue weighted by Gasteiger charge is 2.28. The van der Waals surface area contributed by atoms with E-state index < -0.39 is 0 Å². The van der Waals surface area contributed by atoms with E-state index in [1.807, 2.05) is 36.4 Å². The minimum Gasteiger partial charge on any atom is -0.301 e. The molecule has 0 atom stereocenters. The third-order valence-corrected chi connectivity index (χ3v) is 6.14. The predicted molar refractivity (Wildman–Crippen MR) is 109 cm³/mol. The summed E-state index contributed by atoms with van der Waals surface area (Å²) in [5, 5.41) is 1.00. The molecule has 0 bridgehead atoms. The zero-order chi connectivity index (χ0) is 19.0. The fourth-order valence-electron chi connectivity index (χ4n) is 2.81. The molecule has 0 unspecified atom stereocenters. The van der Waals surface area contributed by atoms with Crippen molar-refractivity contribution in [2.24, 2.45) is 0 Å². The predicted octanol–water partition coefficient (Wildman–Crippen LogP) is 4.65. The van der Waals surface area contributed by atoms with Gasteiger partial charge in [0.05, 0.1) is 17.1 Å². The van der Waals surface area contributed by atoms with E-state index >= 15 is 0 Å². The number of amides is 1. The molecule has 2 heterocycles. The lowest BCUT2D eigenvalue weighted by Crippen LogP contribution is -2.30. The normalized spacial score (nSPS) is 12.4.